The van der Waals surface area contributed by atoms with Crippen LogP contribution in [0.3, 0.4) is 0 Å². The summed E-state index contributed by atoms with van der Waals surface area (Å²) in [5.74, 6) is 0.486. The quantitative estimate of drug-likeness (QED) is 0.254. The van der Waals surface area contributed by atoms with Gasteiger partial charge in [0, 0.05) is 6.42 Å². The van der Waals surface area contributed by atoms with E-state index < -0.39 is 24.5 Å². The molecule has 5 N–H and O–H groups in total. The van der Waals surface area contributed by atoms with E-state index in [2.05, 4.69) is 17.9 Å². The highest BCUT2D eigenvalue weighted by Crippen LogP contribution is 2.17. The molecular weight excluding hydrogens is 234 g/mol. The Bertz CT molecular complexity index is 250. The summed E-state index contributed by atoms with van der Waals surface area (Å²) in [5.41, 5.74) is 0.187. The standard InChI is InChI=1S/C9H17NO5S/c11-3-6-9(14)8(13)5(4-15-6)10-7(12)1-2-16/h4,6-14,16H,1-3H2/t6?,7?,8?,9-/m1/s1. The average Bonchev–Trinajstić information content (AvgIpc) is 2.25. The van der Waals surface area contributed by atoms with Crippen LogP contribution in [-0.2, 0) is 4.74 Å². The maximum Gasteiger partial charge on any atom is 0.150 e. The van der Waals surface area contributed by atoms with Crippen LogP contribution in [0.5, 0.6) is 0 Å². The van der Waals surface area contributed by atoms with Crippen molar-refractivity contribution in [2.24, 2.45) is 0 Å². The SMILES string of the molecule is OCC1OC=C(NC(O)CCS)C(O)[C@@H]1O. The summed E-state index contributed by atoms with van der Waals surface area (Å²) in [6.07, 6.45) is -2.55. The highest BCUT2D eigenvalue weighted by Gasteiger charge is 2.34. The molecular formula is C9H17NO5S. The number of thiol groups is 1. The highest BCUT2D eigenvalue weighted by atomic mass is 32.1. The van der Waals surface area contributed by atoms with Crippen LogP contribution in [0.25, 0.3) is 0 Å². The van der Waals surface area contributed by atoms with Gasteiger partial charge < -0.3 is 30.5 Å². The lowest BCUT2D eigenvalue weighted by Crippen LogP contribution is -2.49. The molecule has 0 fully saturated rings. The van der Waals surface area contributed by atoms with Crippen LogP contribution in [0.2, 0.25) is 0 Å². The van der Waals surface area contributed by atoms with E-state index in [4.69, 9.17) is 9.84 Å². The van der Waals surface area contributed by atoms with E-state index in [1.165, 1.54) is 6.26 Å². The van der Waals surface area contributed by atoms with Crippen molar-refractivity contribution in [2.45, 2.75) is 31.0 Å². The minimum atomic E-state index is -1.22. The van der Waals surface area contributed by atoms with Gasteiger partial charge >= 0.3 is 0 Å². The summed E-state index contributed by atoms with van der Waals surface area (Å²) >= 11 is 3.95. The molecule has 0 aromatic rings. The van der Waals surface area contributed by atoms with E-state index in [1.54, 1.807) is 0 Å². The van der Waals surface area contributed by atoms with Crippen molar-refractivity contribution in [3.8, 4) is 0 Å². The van der Waals surface area contributed by atoms with Gasteiger partial charge in [0.2, 0.25) is 0 Å². The molecule has 0 saturated heterocycles. The van der Waals surface area contributed by atoms with Crippen LogP contribution in [0, 0.1) is 0 Å². The first kappa shape index (κ1) is 13.6. The Kier molecular flexibility index (Phi) is 5.36. The molecule has 0 radical (unpaired) electrons. The smallest absolute Gasteiger partial charge is 0.150 e. The van der Waals surface area contributed by atoms with Gasteiger partial charge in [-0.05, 0) is 5.75 Å². The number of rotatable bonds is 5. The fourth-order valence-electron chi connectivity index (χ4n) is 1.36. The lowest BCUT2D eigenvalue weighted by atomic mass is 10.0. The van der Waals surface area contributed by atoms with Gasteiger partial charge in [-0.2, -0.15) is 12.6 Å². The molecule has 0 aliphatic carbocycles. The van der Waals surface area contributed by atoms with Gasteiger partial charge in [0.15, 0.2) is 0 Å². The molecule has 1 aliphatic rings. The zero-order valence-corrected chi connectivity index (χ0v) is 9.55. The number of aliphatic hydroxyl groups excluding tert-OH is 4. The molecule has 6 nitrogen and oxygen atoms in total. The second-order valence-corrected chi connectivity index (χ2v) is 3.99. The number of hydrogen-bond donors (Lipinski definition) is 6. The Morgan fingerprint density at radius 1 is 1.50 bits per heavy atom. The van der Waals surface area contributed by atoms with E-state index in [0.717, 1.165) is 0 Å². The molecule has 3 unspecified atom stereocenters. The van der Waals surface area contributed by atoms with Gasteiger partial charge in [-0.25, -0.2) is 0 Å². The second kappa shape index (κ2) is 6.31. The molecule has 0 amide bonds. The largest absolute Gasteiger partial charge is 0.491 e. The van der Waals surface area contributed by atoms with E-state index in [0.29, 0.717) is 12.2 Å². The van der Waals surface area contributed by atoms with Crippen LogP contribution >= 0.6 is 12.6 Å². The van der Waals surface area contributed by atoms with Crippen LogP contribution in [0.1, 0.15) is 6.42 Å². The second-order valence-electron chi connectivity index (χ2n) is 3.54. The maximum atomic E-state index is 9.65. The van der Waals surface area contributed by atoms with Crippen LogP contribution < -0.4 is 5.32 Å². The highest BCUT2D eigenvalue weighted by molar-refractivity contribution is 7.80. The van der Waals surface area contributed by atoms with Crippen LogP contribution in [0.15, 0.2) is 12.0 Å². The van der Waals surface area contributed by atoms with E-state index in [1.807, 2.05) is 0 Å². The average molecular weight is 251 g/mol. The summed E-state index contributed by atoms with van der Waals surface area (Å²) in [6, 6.07) is 0. The predicted molar refractivity (Wildman–Crippen MR) is 59.7 cm³/mol. The topological polar surface area (TPSA) is 102 Å². The summed E-state index contributed by atoms with van der Waals surface area (Å²) in [5, 5.41) is 40.0. The van der Waals surface area contributed by atoms with E-state index in [-0.39, 0.29) is 12.3 Å². The van der Waals surface area contributed by atoms with Gasteiger partial charge in [-0.1, -0.05) is 0 Å². The number of hydrogen-bond acceptors (Lipinski definition) is 7. The normalized spacial score (nSPS) is 31.6. The van der Waals surface area contributed by atoms with Crippen molar-refractivity contribution in [3.63, 3.8) is 0 Å². The zero-order valence-electron chi connectivity index (χ0n) is 8.65. The summed E-state index contributed by atoms with van der Waals surface area (Å²) in [6.45, 7) is -0.388. The van der Waals surface area contributed by atoms with Gasteiger partial charge in [-0.15, -0.1) is 0 Å². The predicted octanol–water partition coefficient (Wildman–Crippen LogP) is -1.83. The van der Waals surface area contributed by atoms with Crippen LogP contribution in [0.4, 0.5) is 0 Å². The van der Waals surface area contributed by atoms with Crippen molar-refractivity contribution >= 4 is 12.6 Å². The Hall–Kier alpha value is -0.470. The van der Waals surface area contributed by atoms with Gasteiger partial charge in [0.05, 0.1) is 12.3 Å². The molecule has 0 aromatic heterocycles. The first-order chi connectivity index (χ1) is 7.60. The molecule has 1 heterocycles. The monoisotopic (exact) mass is 251 g/mol. The van der Waals surface area contributed by atoms with E-state index in [9.17, 15) is 15.3 Å². The molecule has 0 bridgehead atoms. The lowest BCUT2D eigenvalue weighted by molar-refractivity contribution is -0.0912. The van der Waals surface area contributed by atoms with Crippen LogP contribution in [-0.4, -0.2) is 57.3 Å². The van der Waals surface area contributed by atoms with Gasteiger partial charge in [0.25, 0.3) is 0 Å². The number of nitrogens with one attached hydrogen (secondary N) is 1. The third-order valence-electron chi connectivity index (χ3n) is 2.31. The minimum absolute atomic E-state index is 0.187. The third kappa shape index (κ3) is 3.26. The summed E-state index contributed by atoms with van der Waals surface area (Å²) in [7, 11) is 0. The first-order valence-corrected chi connectivity index (χ1v) is 5.61. The fraction of sp³-hybridized carbons (Fsp3) is 0.778. The van der Waals surface area contributed by atoms with E-state index >= 15 is 0 Å². The Morgan fingerprint density at radius 3 is 2.75 bits per heavy atom. The van der Waals surface area contributed by atoms with Crippen molar-refractivity contribution in [3.05, 3.63) is 12.0 Å². The molecule has 0 saturated carbocycles. The Balaban J connectivity index is 2.57. The first-order valence-electron chi connectivity index (χ1n) is 4.98. The minimum Gasteiger partial charge on any atom is -0.491 e. The molecule has 1 aliphatic heterocycles. The van der Waals surface area contributed by atoms with Crippen molar-refractivity contribution < 1.29 is 25.2 Å². The molecule has 16 heavy (non-hydrogen) atoms. The van der Waals surface area contributed by atoms with Crippen molar-refractivity contribution in [2.75, 3.05) is 12.4 Å². The summed E-state index contributed by atoms with van der Waals surface area (Å²) in [4.78, 5) is 0. The zero-order chi connectivity index (χ0) is 12.1. The fourth-order valence-corrected chi connectivity index (χ4v) is 1.60. The lowest BCUT2D eigenvalue weighted by Gasteiger charge is -2.32. The molecule has 4 atom stereocenters. The number of aliphatic hydroxyl groups is 4. The molecule has 0 spiro atoms. The number of ether oxygens (including phenoxy) is 1. The molecule has 94 valence electrons. The summed E-state index contributed by atoms with van der Waals surface area (Å²) < 4.78 is 4.99. The molecule has 0 aromatic carbocycles. The van der Waals surface area contributed by atoms with Gasteiger partial charge in [0.1, 0.15) is 30.8 Å². The molecule has 1 rings (SSSR count). The molecule has 7 heteroatoms. The Morgan fingerprint density at radius 2 is 2.19 bits per heavy atom. The van der Waals surface area contributed by atoms with Gasteiger partial charge in [-0.3, -0.25) is 0 Å². The third-order valence-corrected chi connectivity index (χ3v) is 2.57. The maximum absolute atomic E-state index is 9.65. The van der Waals surface area contributed by atoms with Crippen molar-refractivity contribution in [1.82, 2.24) is 5.32 Å². The Labute approximate surface area is 99.0 Å². The van der Waals surface area contributed by atoms with Crippen molar-refractivity contribution in [1.29, 1.82) is 0 Å².